The van der Waals surface area contributed by atoms with E-state index in [4.69, 9.17) is 4.74 Å². The van der Waals surface area contributed by atoms with Crippen LogP contribution in [0.5, 0.6) is 5.75 Å². The molecule has 0 saturated carbocycles. The van der Waals surface area contributed by atoms with Crippen LogP contribution >= 0.6 is 0 Å². The van der Waals surface area contributed by atoms with Crippen LogP contribution in [0.15, 0.2) is 18.2 Å². The first-order valence-corrected chi connectivity index (χ1v) is 8.13. The summed E-state index contributed by atoms with van der Waals surface area (Å²) in [6.07, 6.45) is 2.77. The highest BCUT2D eigenvalue weighted by Gasteiger charge is 2.16. The summed E-state index contributed by atoms with van der Waals surface area (Å²) >= 11 is 0. The molecular formula is C18H30N2O. The number of rotatable bonds is 7. The van der Waals surface area contributed by atoms with E-state index < -0.39 is 0 Å². The van der Waals surface area contributed by atoms with Crippen molar-refractivity contribution in [3.8, 4) is 5.75 Å². The highest BCUT2D eigenvalue weighted by atomic mass is 16.5. The molecule has 1 fully saturated rings. The van der Waals surface area contributed by atoms with Crippen molar-refractivity contribution in [3.63, 3.8) is 0 Å². The SMILES string of the molecule is COc1ccc(CN(C)CC(C)CN2CCCC2)c(C)c1. The fourth-order valence-electron chi connectivity index (χ4n) is 3.32. The fraction of sp³-hybridized carbons (Fsp3) is 0.667. The highest BCUT2D eigenvalue weighted by Crippen LogP contribution is 2.18. The lowest BCUT2D eigenvalue weighted by molar-refractivity contribution is 0.221. The molecule has 0 aliphatic carbocycles. The molecule has 0 bridgehead atoms. The average molecular weight is 290 g/mol. The van der Waals surface area contributed by atoms with Gasteiger partial charge in [-0.05, 0) is 69.1 Å². The zero-order valence-electron chi connectivity index (χ0n) is 14.1. The van der Waals surface area contributed by atoms with Gasteiger partial charge in [-0.25, -0.2) is 0 Å². The molecule has 3 nitrogen and oxygen atoms in total. The zero-order valence-corrected chi connectivity index (χ0v) is 14.1. The topological polar surface area (TPSA) is 15.7 Å². The van der Waals surface area contributed by atoms with Gasteiger partial charge in [-0.3, -0.25) is 0 Å². The van der Waals surface area contributed by atoms with Crippen LogP contribution < -0.4 is 4.74 Å². The van der Waals surface area contributed by atoms with Crippen molar-refractivity contribution in [2.75, 3.05) is 40.3 Å². The third-order valence-corrected chi connectivity index (χ3v) is 4.38. The molecule has 1 aliphatic heterocycles. The molecule has 1 aromatic rings. The van der Waals surface area contributed by atoms with Crippen molar-refractivity contribution in [1.29, 1.82) is 0 Å². The van der Waals surface area contributed by atoms with E-state index in [1.165, 1.54) is 43.6 Å². The van der Waals surface area contributed by atoms with Gasteiger partial charge in [-0.1, -0.05) is 13.0 Å². The van der Waals surface area contributed by atoms with Crippen molar-refractivity contribution in [1.82, 2.24) is 9.80 Å². The first-order chi connectivity index (χ1) is 10.1. The molecule has 0 radical (unpaired) electrons. The van der Waals surface area contributed by atoms with Crippen molar-refractivity contribution < 1.29 is 4.74 Å². The van der Waals surface area contributed by atoms with Gasteiger partial charge in [0.1, 0.15) is 5.75 Å². The number of benzene rings is 1. The van der Waals surface area contributed by atoms with E-state index in [1.54, 1.807) is 7.11 Å². The van der Waals surface area contributed by atoms with Crippen LogP contribution in [-0.4, -0.2) is 50.1 Å². The molecule has 1 unspecified atom stereocenters. The molecular weight excluding hydrogens is 260 g/mol. The van der Waals surface area contributed by atoms with Gasteiger partial charge in [0, 0.05) is 19.6 Å². The summed E-state index contributed by atoms with van der Waals surface area (Å²) in [5.74, 6) is 1.67. The van der Waals surface area contributed by atoms with Crippen LogP contribution in [0, 0.1) is 12.8 Å². The van der Waals surface area contributed by atoms with Crippen LogP contribution in [0.3, 0.4) is 0 Å². The van der Waals surface area contributed by atoms with E-state index in [0.717, 1.165) is 24.8 Å². The first kappa shape index (κ1) is 16.3. The van der Waals surface area contributed by atoms with Gasteiger partial charge in [-0.15, -0.1) is 0 Å². The van der Waals surface area contributed by atoms with Gasteiger partial charge >= 0.3 is 0 Å². The molecule has 21 heavy (non-hydrogen) atoms. The Morgan fingerprint density at radius 2 is 2.00 bits per heavy atom. The Morgan fingerprint density at radius 3 is 2.62 bits per heavy atom. The predicted octanol–water partition coefficient (Wildman–Crippen LogP) is 3.17. The second-order valence-electron chi connectivity index (χ2n) is 6.60. The standard InChI is InChI=1S/C18H30N2O/c1-15(13-20-9-5-6-10-20)12-19(3)14-17-7-8-18(21-4)11-16(17)2/h7-8,11,15H,5-6,9-10,12-14H2,1-4H3. The summed E-state index contributed by atoms with van der Waals surface area (Å²) in [5.41, 5.74) is 2.71. The Hall–Kier alpha value is -1.06. The van der Waals surface area contributed by atoms with Crippen molar-refractivity contribution in [3.05, 3.63) is 29.3 Å². The van der Waals surface area contributed by atoms with E-state index in [-0.39, 0.29) is 0 Å². The van der Waals surface area contributed by atoms with Crippen LogP contribution in [0.4, 0.5) is 0 Å². The van der Waals surface area contributed by atoms with Crippen LogP contribution in [0.25, 0.3) is 0 Å². The lowest BCUT2D eigenvalue weighted by Crippen LogP contribution is -2.32. The monoisotopic (exact) mass is 290 g/mol. The van der Waals surface area contributed by atoms with E-state index >= 15 is 0 Å². The molecule has 1 atom stereocenters. The average Bonchev–Trinajstić information content (AvgIpc) is 2.93. The summed E-state index contributed by atoms with van der Waals surface area (Å²) < 4.78 is 5.27. The summed E-state index contributed by atoms with van der Waals surface area (Å²) in [7, 11) is 3.95. The molecule has 1 heterocycles. The maximum absolute atomic E-state index is 5.27. The predicted molar refractivity (Wildman–Crippen MR) is 88.9 cm³/mol. The zero-order chi connectivity index (χ0) is 15.2. The van der Waals surface area contributed by atoms with Crippen molar-refractivity contribution in [2.45, 2.75) is 33.2 Å². The molecule has 1 saturated heterocycles. The molecule has 2 rings (SSSR count). The lowest BCUT2D eigenvalue weighted by Gasteiger charge is -2.25. The summed E-state index contributed by atoms with van der Waals surface area (Å²) in [4.78, 5) is 5.05. The Bertz CT molecular complexity index is 441. The van der Waals surface area contributed by atoms with Crippen LogP contribution in [-0.2, 0) is 6.54 Å². The van der Waals surface area contributed by atoms with Crippen molar-refractivity contribution in [2.24, 2.45) is 5.92 Å². The molecule has 0 N–H and O–H groups in total. The van der Waals surface area contributed by atoms with E-state index in [1.807, 2.05) is 0 Å². The Balaban J connectivity index is 1.81. The number of aryl methyl sites for hydroxylation is 1. The van der Waals surface area contributed by atoms with Gasteiger partial charge < -0.3 is 14.5 Å². The number of likely N-dealkylation sites (tertiary alicyclic amines) is 1. The summed E-state index contributed by atoms with van der Waals surface area (Å²) in [6, 6.07) is 6.37. The van der Waals surface area contributed by atoms with Gasteiger partial charge in [0.2, 0.25) is 0 Å². The van der Waals surface area contributed by atoms with Gasteiger partial charge in [-0.2, -0.15) is 0 Å². The Labute approximate surface area is 129 Å². The maximum Gasteiger partial charge on any atom is 0.119 e. The quantitative estimate of drug-likeness (QED) is 0.767. The van der Waals surface area contributed by atoms with Gasteiger partial charge in [0.05, 0.1) is 7.11 Å². The third-order valence-electron chi connectivity index (χ3n) is 4.38. The molecule has 3 heteroatoms. The number of ether oxygens (including phenoxy) is 1. The molecule has 0 amide bonds. The second kappa shape index (κ2) is 7.81. The fourth-order valence-corrected chi connectivity index (χ4v) is 3.32. The van der Waals surface area contributed by atoms with Crippen LogP contribution in [0.2, 0.25) is 0 Å². The number of hydrogen-bond acceptors (Lipinski definition) is 3. The Morgan fingerprint density at radius 1 is 1.29 bits per heavy atom. The van der Waals surface area contributed by atoms with E-state index in [9.17, 15) is 0 Å². The molecule has 118 valence electrons. The lowest BCUT2D eigenvalue weighted by atomic mass is 10.1. The van der Waals surface area contributed by atoms with Crippen LogP contribution in [0.1, 0.15) is 30.9 Å². The number of nitrogens with zero attached hydrogens (tertiary/aromatic N) is 2. The molecule has 1 aliphatic rings. The minimum absolute atomic E-state index is 0.728. The maximum atomic E-state index is 5.27. The summed E-state index contributed by atoms with van der Waals surface area (Å²) in [6.45, 7) is 10.5. The highest BCUT2D eigenvalue weighted by molar-refractivity contribution is 5.34. The first-order valence-electron chi connectivity index (χ1n) is 8.13. The van der Waals surface area contributed by atoms with Crippen molar-refractivity contribution >= 4 is 0 Å². The van der Waals surface area contributed by atoms with E-state index in [2.05, 4.69) is 48.9 Å². The molecule has 0 spiro atoms. The second-order valence-corrected chi connectivity index (χ2v) is 6.60. The Kier molecular flexibility index (Phi) is 6.07. The minimum Gasteiger partial charge on any atom is -0.497 e. The molecule has 0 aromatic heterocycles. The minimum atomic E-state index is 0.728. The van der Waals surface area contributed by atoms with Gasteiger partial charge in [0.15, 0.2) is 0 Å². The number of hydrogen-bond donors (Lipinski definition) is 0. The molecule has 1 aromatic carbocycles. The van der Waals surface area contributed by atoms with E-state index in [0.29, 0.717) is 0 Å². The smallest absolute Gasteiger partial charge is 0.119 e. The normalized spacial score (nSPS) is 17.4. The number of methoxy groups -OCH3 is 1. The van der Waals surface area contributed by atoms with Gasteiger partial charge in [0.25, 0.3) is 0 Å². The summed E-state index contributed by atoms with van der Waals surface area (Å²) in [5, 5.41) is 0. The largest absolute Gasteiger partial charge is 0.497 e. The third kappa shape index (κ3) is 5.01.